The maximum atomic E-state index is 12.6. The van der Waals surface area contributed by atoms with Crippen molar-refractivity contribution in [2.24, 2.45) is 11.3 Å². The molecule has 0 aromatic heterocycles. The summed E-state index contributed by atoms with van der Waals surface area (Å²) in [5, 5.41) is 3.43. The van der Waals surface area contributed by atoms with Gasteiger partial charge in [0.15, 0.2) is 0 Å². The lowest BCUT2D eigenvalue weighted by atomic mass is 9.75. The van der Waals surface area contributed by atoms with Gasteiger partial charge in [0.25, 0.3) is 0 Å². The minimum atomic E-state index is 0.246. The van der Waals surface area contributed by atoms with E-state index < -0.39 is 0 Å². The smallest absolute Gasteiger partial charge is 0.225 e. The van der Waals surface area contributed by atoms with E-state index in [0.717, 1.165) is 19.4 Å². The Hall–Kier alpha value is -0.570. The first-order valence-corrected chi connectivity index (χ1v) is 7.89. The normalized spacial score (nSPS) is 32.0. The van der Waals surface area contributed by atoms with E-state index in [1.165, 1.54) is 25.7 Å². The van der Waals surface area contributed by atoms with Gasteiger partial charge in [0.1, 0.15) is 0 Å². The lowest BCUT2D eigenvalue weighted by Gasteiger charge is -2.40. The zero-order chi connectivity index (χ0) is 14.0. The summed E-state index contributed by atoms with van der Waals surface area (Å²) in [7, 11) is 2.03. The van der Waals surface area contributed by atoms with Crippen molar-refractivity contribution >= 4 is 5.91 Å². The molecule has 0 aromatic carbocycles. The zero-order valence-electron chi connectivity index (χ0n) is 13.0. The van der Waals surface area contributed by atoms with Crippen molar-refractivity contribution in [3.8, 4) is 0 Å². The maximum absolute atomic E-state index is 12.6. The van der Waals surface area contributed by atoms with Crippen LogP contribution in [0.25, 0.3) is 0 Å². The van der Waals surface area contributed by atoms with Gasteiger partial charge in [0.05, 0.1) is 0 Å². The highest BCUT2D eigenvalue weighted by Crippen LogP contribution is 2.37. The fourth-order valence-electron chi connectivity index (χ4n) is 3.60. The first-order valence-electron chi connectivity index (χ1n) is 7.89. The Morgan fingerprint density at radius 2 is 1.84 bits per heavy atom. The van der Waals surface area contributed by atoms with Gasteiger partial charge in [0.2, 0.25) is 5.91 Å². The molecule has 1 saturated heterocycles. The molecule has 1 amide bonds. The van der Waals surface area contributed by atoms with E-state index >= 15 is 0 Å². The Balaban J connectivity index is 1.88. The molecule has 1 aliphatic carbocycles. The molecule has 19 heavy (non-hydrogen) atoms. The molecule has 1 N–H and O–H groups in total. The molecule has 2 rings (SSSR count). The third-order valence-corrected chi connectivity index (χ3v) is 5.18. The van der Waals surface area contributed by atoms with Gasteiger partial charge in [-0.25, -0.2) is 0 Å². The van der Waals surface area contributed by atoms with Crippen molar-refractivity contribution in [3.05, 3.63) is 0 Å². The number of piperidine rings is 1. The van der Waals surface area contributed by atoms with Gasteiger partial charge in [-0.3, -0.25) is 4.79 Å². The Morgan fingerprint density at radius 3 is 2.42 bits per heavy atom. The second-order valence-electron chi connectivity index (χ2n) is 7.42. The first kappa shape index (κ1) is 14.8. The van der Waals surface area contributed by atoms with Crippen LogP contribution in [0.5, 0.6) is 0 Å². The van der Waals surface area contributed by atoms with E-state index in [1.807, 2.05) is 7.05 Å². The summed E-state index contributed by atoms with van der Waals surface area (Å²) < 4.78 is 0. The van der Waals surface area contributed by atoms with Crippen LogP contribution < -0.4 is 5.32 Å². The Morgan fingerprint density at radius 1 is 1.21 bits per heavy atom. The molecule has 3 nitrogen and oxygen atoms in total. The largest absolute Gasteiger partial charge is 0.343 e. The second-order valence-corrected chi connectivity index (χ2v) is 7.42. The Labute approximate surface area is 118 Å². The Bertz CT molecular complexity index is 317. The van der Waals surface area contributed by atoms with Crippen LogP contribution in [0.15, 0.2) is 0 Å². The van der Waals surface area contributed by atoms with Gasteiger partial charge in [0, 0.05) is 25.0 Å². The topological polar surface area (TPSA) is 32.3 Å². The molecular formula is C16H30N2O. The minimum absolute atomic E-state index is 0.246. The van der Waals surface area contributed by atoms with E-state index in [9.17, 15) is 4.79 Å². The lowest BCUT2D eigenvalue weighted by molar-refractivity contribution is -0.138. The summed E-state index contributed by atoms with van der Waals surface area (Å²) in [6, 6.07) is 0.965. The summed E-state index contributed by atoms with van der Waals surface area (Å²) in [5.74, 6) is 0.634. The van der Waals surface area contributed by atoms with Crippen LogP contribution >= 0.6 is 0 Å². The highest BCUT2D eigenvalue weighted by Gasteiger charge is 2.33. The van der Waals surface area contributed by atoms with Crippen LogP contribution in [-0.4, -0.2) is 36.5 Å². The fraction of sp³-hybridized carbons (Fsp3) is 0.938. The highest BCUT2D eigenvalue weighted by atomic mass is 16.2. The van der Waals surface area contributed by atoms with E-state index in [-0.39, 0.29) is 5.92 Å². The summed E-state index contributed by atoms with van der Waals surface area (Å²) in [6.45, 7) is 7.87. The van der Waals surface area contributed by atoms with Crippen LogP contribution in [0.3, 0.4) is 0 Å². The molecule has 1 heterocycles. The summed E-state index contributed by atoms with van der Waals surface area (Å²) >= 11 is 0. The molecule has 2 fully saturated rings. The third kappa shape index (κ3) is 3.71. The van der Waals surface area contributed by atoms with Crippen LogP contribution in [0.4, 0.5) is 0 Å². The van der Waals surface area contributed by atoms with Crippen molar-refractivity contribution in [1.82, 2.24) is 10.2 Å². The summed E-state index contributed by atoms with van der Waals surface area (Å²) in [6.07, 6.45) is 6.86. The molecule has 0 unspecified atom stereocenters. The van der Waals surface area contributed by atoms with Gasteiger partial charge in [-0.05, 0) is 57.4 Å². The zero-order valence-corrected chi connectivity index (χ0v) is 13.0. The quantitative estimate of drug-likeness (QED) is 0.833. The Kier molecular flexibility index (Phi) is 4.54. The minimum Gasteiger partial charge on any atom is -0.343 e. The lowest BCUT2D eigenvalue weighted by Crippen LogP contribution is -2.47. The standard InChI is InChI=1S/C16H30N2O/c1-12-11-13(7-10-17-12)15(19)18(4)14-5-8-16(2,3)9-6-14/h12-14,17H,5-11H2,1-4H3/t12-,13-/m0/s1. The first-order chi connectivity index (χ1) is 8.89. The van der Waals surface area contributed by atoms with Gasteiger partial charge < -0.3 is 10.2 Å². The molecule has 2 aliphatic rings. The number of nitrogens with one attached hydrogen (secondary N) is 1. The average molecular weight is 266 g/mol. The molecular weight excluding hydrogens is 236 g/mol. The van der Waals surface area contributed by atoms with Gasteiger partial charge in [-0.2, -0.15) is 0 Å². The van der Waals surface area contributed by atoms with E-state index in [1.54, 1.807) is 0 Å². The van der Waals surface area contributed by atoms with Crippen molar-refractivity contribution in [3.63, 3.8) is 0 Å². The number of carbonyl (C=O) groups is 1. The molecule has 1 saturated carbocycles. The van der Waals surface area contributed by atoms with E-state index in [4.69, 9.17) is 0 Å². The second kappa shape index (κ2) is 5.82. The molecule has 2 atom stereocenters. The highest BCUT2D eigenvalue weighted by molar-refractivity contribution is 5.79. The van der Waals surface area contributed by atoms with Crippen molar-refractivity contribution in [2.45, 2.75) is 71.4 Å². The SMILES string of the molecule is C[C@H]1C[C@@H](C(=O)N(C)C2CCC(C)(C)CC2)CCN1. The van der Waals surface area contributed by atoms with Gasteiger partial charge in [-0.15, -0.1) is 0 Å². The maximum Gasteiger partial charge on any atom is 0.225 e. The van der Waals surface area contributed by atoms with Crippen molar-refractivity contribution in [2.75, 3.05) is 13.6 Å². The predicted octanol–water partition coefficient (Wildman–Crippen LogP) is 2.80. The van der Waals surface area contributed by atoms with Crippen LogP contribution in [0.2, 0.25) is 0 Å². The van der Waals surface area contributed by atoms with Crippen LogP contribution in [0.1, 0.15) is 59.3 Å². The number of nitrogens with zero attached hydrogens (tertiary/aromatic N) is 1. The van der Waals surface area contributed by atoms with E-state index in [0.29, 0.717) is 23.4 Å². The molecule has 3 heteroatoms. The fourth-order valence-corrected chi connectivity index (χ4v) is 3.60. The van der Waals surface area contributed by atoms with Crippen molar-refractivity contribution in [1.29, 1.82) is 0 Å². The van der Waals surface area contributed by atoms with Crippen molar-refractivity contribution < 1.29 is 4.79 Å². The van der Waals surface area contributed by atoms with Gasteiger partial charge >= 0.3 is 0 Å². The number of hydrogen-bond donors (Lipinski definition) is 1. The predicted molar refractivity (Wildman–Crippen MR) is 79.0 cm³/mol. The molecule has 1 aliphatic heterocycles. The van der Waals surface area contributed by atoms with Crippen LogP contribution in [0, 0.1) is 11.3 Å². The average Bonchev–Trinajstić information content (AvgIpc) is 2.37. The number of rotatable bonds is 2. The molecule has 0 bridgehead atoms. The molecule has 0 aromatic rings. The molecule has 0 radical (unpaired) electrons. The summed E-state index contributed by atoms with van der Waals surface area (Å²) in [5.41, 5.74) is 0.476. The number of hydrogen-bond acceptors (Lipinski definition) is 2. The number of amides is 1. The molecule has 0 spiro atoms. The molecule has 110 valence electrons. The van der Waals surface area contributed by atoms with E-state index in [2.05, 4.69) is 31.0 Å². The third-order valence-electron chi connectivity index (χ3n) is 5.18. The monoisotopic (exact) mass is 266 g/mol. The summed E-state index contributed by atoms with van der Waals surface area (Å²) in [4.78, 5) is 14.7. The van der Waals surface area contributed by atoms with Gasteiger partial charge in [-0.1, -0.05) is 13.8 Å². The van der Waals surface area contributed by atoms with Crippen LogP contribution in [-0.2, 0) is 4.79 Å². The number of carbonyl (C=O) groups excluding carboxylic acids is 1.